The van der Waals surface area contributed by atoms with Gasteiger partial charge in [-0.2, -0.15) is 5.10 Å². The van der Waals surface area contributed by atoms with E-state index in [4.69, 9.17) is 0 Å². The zero-order valence-electron chi connectivity index (χ0n) is 15.0. The van der Waals surface area contributed by atoms with Crippen LogP contribution in [0.3, 0.4) is 0 Å². The summed E-state index contributed by atoms with van der Waals surface area (Å²) >= 11 is 0. The summed E-state index contributed by atoms with van der Waals surface area (Å²) < 4.78 is 15.9. The van der Waals surface area contributed by atoms with Crippen molar-refractivity contribution in [3.63, 3.8) is 0 Å². The lowest BCUT2D eigenvalue weighted by Gasteiger charge is -2.21. The summed E-state index contributed by atoms with van der Waals surface area (Å²) in [4.78, 5) is 14.4. The second kappa shape index (κ2) is 6.87. The third-order valence-electron chi connectivity index (χ3n) is 5.04. The Kier molecular flexibility index (Phi) is 4.39. The van der Waals surface area contributed by atoms with Crippen LogP contribution in [0, 0.1) is 5.82 Å². The van der Waals surface area contributed by atoms with Crippen molar-refractivity contribution in [2.75, 3.05) is 13.1 Å². The first-order chi connectivity index (χ1) is 13.0. The van der Waals surface area contributed by atoms with Crippen LogP contribution in [0.25, 0.3) is 11.3 Å². The Balaban J connectivity index is 1.62. The third kappa shape index (κ3) is 3.18. The molecule has 27 heavy (non-hydrogen) atoms. The molecule has 0 radical (unpaired) electrons. The lowest BCUT2D eigenvalue weighted by atomic mass is 10.0. The summed E-state index contributed by atoms with van der Waals surface area (Å²) in [6.45, 7) is 0.959. The van der Waals surface area contributed by atoms with Crippen LogP contribution in [-0.4, -0.2) is 38.8 Å². The predicted octanol–water partition coefficient (Wildman–Crippen LogP) is 3.17. The van der Waals surface area contributed by atoms with Crippen LogP contribution in [0.1, 0.15) is 21.6 Å². The first kappa shape index (κ1) is 17.3. The van der Waals surface area contributed by atoms with Crippen LogP contribution >= 0.6 is 0 Å². The highest BCUT2D eigenvalue weighted by Gasteiger charge is 2.26. The summed E-state index contributed by atoms with van der Waals surface area (Å²) in [5.74, 6) is -1.13. The molecule has 4 rings (SSSR count). The Hall–Kier alpha value is -3.15. The second-order valence-corrected chi connectivity index (χ2v) is 6.72. The van der Waals surface area contributed by atoms with Gasteiger partial charge in [-0.25, -0.2) is 4.39 Å². The number of hydrogen-bond acceptors (Lipinski definition) is 3. The summed E-state index contributed by atoms with van der Waals surface area (Å²) in [5, 5.41) is 14.3. The Bertz CT molecular complexity index is 998. The molecule has 0 saturated heterocycles. The van der Waals surface area contributed by atoms with Gasteiger partial charge in [0.2, 0.25) is 0 Å². The number of benzene rings is 2. The maximum atomic E-state index is 14.1. The fraction of sp³-hybridized carbons (Fsp3) is 0.238. The van der Waals surface area contributed by atoms with Gasteiger partial charge in [-0.3, -0.25) is 9.48 Å². The SMILES string of the molecule is Cn1nc(-c2ccccc2)c2c1CCN(C(=O)c1cc(O)ccc1F)CC2. The highest BCUT2D eigenvalue weighted by Crippen LogP contribution is 2.28. The van der Waals surface area contributed by atoms with Gasteiger partial charge in [-0.15, -0.1) is 0 Å². The number of phenols is 1. The zero-order chi connectivity index (χ0) is 19.0. The molecule has 138 valence electrons. The Morgan fingerprint density at radius 3 is 2.63 bits per heavy atom. The van der Waals surface area contributed by atoms with Crippen molar-refractivity contribution in [1.82, 2.24) is 14.7 Å². The highest BCUT2D eigenvalue weighted by molar-refractivity contribution is 5.95. The molecule has 1 N–H and O–H groups in total. The third-order valence-corrected chi connectivity index (χ3v) is 5.04. The average molecular weight is 365 g/mol. The largest absolute Gasteiger partial charge is 0.508 e. The monoisotopic (exact) mass is 365 g/mol. The molecule has 6 heteroatoms. The molecule has 0 spiro atoms. The van der Waals surface area contributed by atoms with Gasteiger partial charge in [-0.1, -0.05) is 30.3 Å². The van der Waals surface area contributed by atoms with Crippen LogP contribution in [0.4, 0.5) is 4.39 Å². The van der Waals surface area contributed by atoms with Crippen molar-refractivity contribution < 1.29 is 14.3 Å². The van der Waals surface area contributed by atoms with Gasteiger partial charge < -0.3 is 10.0 Å². The van der Waals surface area contributed by atoms with E-state index in [1.165, 1.54) is 12.1 Å². The standard InChI is InChI=1S/C21H20FN3O2/c1-24-19-10-12-25(21(27)17-13-15(26)7-8-18(17)22)11-9-16(19)20(23-24)14-5-3-2-4-6-14/h2-8,13,26H,9-12H2,1H3. The lowest BCUT2D eigenvalue weighted by Crippen LogP contribution is -2.34. The number of halogens is 1. The number of fused-ring (bicyclic) bond motifs is 1. The number of phenolic OH excluding ortho intramolecular Hbond substituents is 1. The molecule has 0 saturated carbocycles. The zero-order valence-corrected chi connectivity index (χ0v) is 15.0. The van der Waals surface area contributed by atoms with E-state index in [9.17, 15) is 14.3 Å². The van der Waals surface area contributed by atoms with Crippen molar-refractivity contribution in [2.45, 2.75) is 12.8 Å². The number of aryl methyl sites for hydroxylation is 1. The van der Waals surface area contributed by atoms with E-state index in [0.717, 1.165) is 28.6 Å². The summed E-state index contributed by atoms with van der Waals surface area (Å²) in [7, 11) is 1.91. The van der Waals surface area contributed by atoms with Gasteiger partial charge in [0, 0.05) is 43.4 Å². The van der Waals surface area contributed by atoms with Crippen molar-refractivity contribution in [2.24, 2.45) is 7.05 Å². The molecular formula is C21H20FN3O2. The second-order valence-electron chi connectivity index (χ2n) is 6.72. The van der Waals surface area contributed by atoms with E-state index in [2.05, 4.69) is 5.10 Å². The van der Waals surface area contributed by atoms with Gasteiger partial charge >= 0.3 is 0 Å². The van der Waals surface area contributed by atoms with Crippen molar-refractivity contribution in [3.8, 4) is 17.0 Å². The highest BCUT2D eigenvalue weighted by atomic mass is 19.1. The molecule has 3 aromatic rings. The van der Waals surface area contributed by atoms with Crippen molar-refractivity contribution in [3.05, 3.63) is 71.2 Å². The van der Waals surface area contributed by atoms with Gasteiger partial charge in [0.15, 0.2) is 0 Å². The van der Waals surface area contributed by atoms with Crippen LogP contribution in [0.2, 0.25) is 0 Å². The molecule has 1 aromatic heterocycles. The van der Waals surface area contributed by atoms with Gasteiger partial charge in [-0.05, 0) is 24.6 Å². The van der Waals surface area contributed by atoms with Gasteiger partial charge in [0.25, 0.3) is 5.91 Å². The van der Waals surface area contributed by atoms with E-state index in [0.29, 0.717) is 25.9 Å². The van der Waals surface area contributed by atoms with Crippen LogP contribution < -0.4 is 0 Å². The molecule has 1 amide bonds. The smallest absolute Gasteiger partial charge is 0.256 e. The molecule has 0 atom stereocenters. The number of aromatic hydroxyl groups is 1. The summed E-state index contributed by atoms with van der Waals surface area (Å²) in [5.41, 5.74) is 4.12. The molecule has 1 aliphatic heterocycles. The number of rotatable bonds is 2. The average Bonchev–Trinajstić information content (AvgIpc) is 2.85. The van der Waals surface area contributed by atoms with Gasteiger partial charge in [0.1, 0.15) is 11.6 Å². The quantitative estimate of drug-likeness (QED) is 0.759. The van der Waals surface area contributed by atoms with Crippen LogP contribution in [0.5, 0.6) is 5.75 Å². The normalized spacial score (nSPS) is 13.9. The maximum absolute atomic E-state index is 14.1. The van der Waals surface area contributed by atoms with Crippen LogP contribution in [-0.2, 0) is 19.9 Å². The molecule has 0 fully saturated rings. The lowest BCUT2D eigenvalue weighted by molar-refractivity contribution is 0.0757. The number of aromatic nitrogens is 2. The van der Waals surface area contributed by atoms with Gasteiger partial charge in [0.05, 0.1) is 11.3 Å². The van der Waals surface area contributed by atoms with E-state index in [1.807, 2.05) is 42.1 Å². The fourth-order valence-corrected chi connectivity index (χ4v) is 3.66. The topological polar surface area (TPSA) is 58.4 Å². The summed E-state index contributed by atoms with van der Waals surface area (Å²) in [6.07, 6.45) is 1.30. The van der Waals surface area contributed by atoms with Crippen molar-refractivity contribution in [1.29, 1.82) is 0 Å². The first-order valence-corrected chi connectivity index (χ1v) is 8.92. The molecule has 0 bridgehead atoms. The van der Waals surface area contributed by atoms with E-state index < -0.39 is 11.7 Å². The minimum Gasteiger partial charge on any atom is -0.508 e. The Morgan fingerprint density at radius 2 is 1.85 bits per heavy atom. The summed E-state index contributed by atoms with van der Waals surface area (Å²) in [6, 6.07) is 13.5. The maximum Gasteiger partial charge on any atom is 0.256 e. The fourth-order valence-electron chi connectivity index (χ4n) is 3.66. The molecular weight excluding hydrogens is 345 g/mol. The Morgan fingerprint density at radius 1 is 1.11 bits per heavy atom. The number of carbonyl (C=O) groups is 1. The molecule has 0 unspecified atom stereocenters. The van der Waals surface area contributed by atoms with Crippen LogP contribution in [0.15, 0.2) is 48.5 Å². The number of carbonyl (C=O) groups excluding carboxylic acids is 1. The number of amides is 1. The number of hydrogen-bond donors (Lipinski definition) is 1. The van der Waals surface area contributed by atoms with Crippen molar-refractivity contribution >= 4 is 5.91 Å². The minimum atomic E-state index is -0.619. The van der Waals surface area contributed by atoms with E-state index >= 15 is 0 Å². The minimum absolute atomic E-state index is 0.0950. The van der Waals surface area contributed by atoms with E-state index in [1.54, 1.807) is 4.90 Å². The van der Waals surface area contributed by atoms with E-state index in [-0.39, 0.29) is 11.3 Å². The first-order valence-electron chi connectivity index (χ1n) is 8.92. The molecule has 5 nitrogen and oxygen atoms in total. The molecule has 0 aliphatic carbocycles. The number of nitrogens with zero attached hydrogens (tertiary/aromatic N) is 3. The molecule has 1 aliphatic rings. The Labute approximate surface area is 156 Å². The predicted molar refractivity (Wildman–Crippen MR) is 100 cm³/mol. The molecule has 2 heterocycles. The molecule has 2 aromatic carbocycles.